The van der Waals surface area contributed by atoms with E-state index in [-0.39, 0.29) is 0 Å². The topological polar surface area (TPSA) is 52.1 Å². The van der Waals surface area contributed by atoms with Crippen molar-refractivity contribution >= 4 is 11.4 Å². The quantitative estimate of drug-likeness (QED) is 0.503. The van der Waals surface area contributed by atoms with Crippen molar-refractivity contribution in [1.29, 1.82) is 0 Å². The van der Waals surface area contributed by atoms with Crippen molar-refractivity contribution in [3.05, 3.63) is 12.8 Å². The molecule has 0 saturated carbocycles. The highest BCUT2D eigenvalue weighted by molar-refractivity contribution is 5.58. The Morgan fingerprint density at radius 1 is 1.12 bits per heavy atom. The van der Waals surface area contributed by atoms with Crippen LogP contribution in [-0.2, 0) is 0 Å². The van der Waals surface area contributed by atoms with Crippen LogP contribution in [0, 0.1) is 0 Å². The molecule has 2 rings (SSSR count). The summed E-state index contributed by atoms with van der Waals surface area (Å²) in [6.07, 6.45) is 2.59. The van der Waals surface area contributed by atoms with Gasteiger partial charge in [-0.05, 0) is 0 Å². The molecule has 0 aliphatic carbocycles. The number of oxazole rings is 2. The molecule has 4 nitrogen and oxygen atoms in total. The van der Waals surface area contributed by atoms with Gasteiger partial charge in [0.1, 0.15) is 0 Å². The van der Waals surface area contributed by atoms with E-state index in [0.29, 0.717) is 11.4 Å². The Labute approximate surface area is 44.1 Å². The maximum Gasteiger partial charge on any atom is 0.339 e. The lowest BCUT2D eigenvalue weighted by Gasteiger charge is -1.62. The molecule has 8 heavy (non-hydrogen) atoms. The molecule has 0 unspecified atom stereocenters. The van der Waals surface area contributed by atoms with E-state index < -0.39 is 0 Å². The second-order valence-corrected chi connectivity index (χ2v) is 1.32. The first-order valence-electron chi connectivity index (χ1n) is 2.09. The standard InChI is InChI=1S/C4H2N2O2/c1-5-3-4(7-1)8-2-6-3/h1-2H. The summed E-state index contributed by atoms with van der Waals surface area (Å²) in [5.74, 6) is 0.380. The maximum atomic E-state index is 4.72. The van der Waals surface area contributed by atoms with Crippen LogP contribution in [0.4, 0.5) is 0 Å². The molecule has 0 aliphatic rings. The fourth-order valence-corrected chi connectivity index (χ4v) is 0.520. The van der Waals surface area contributed by atoms with Crippen molar-refractivity contribution in [2.45, 2.75) is 0 Å². The van der Waals surface area contributed by atoms with E-state index in [4.69, 9.17) is 8.83 Å². The second kappa shape index (κ2) is 1.09. The van der Waals surface area contributed by atoms with Crippen LogP contribution in [0.2, 0.25) is 0 Å². The van der Waals surface area contributed by atoms with Crippen LogP contribution < -0.4 is 0 Å². The van der Waals surface area contributed by atoms with E-state index in [1.165, 1.54) is 12.8 Å². The van der Waals surface area contributed by atoms with Gasteiger partial charge < -0.3 is 8.83 Å². The SMILES string of the molecule is c1nc2ncoc2o1. The summed E-state index contributed by atoms with van der Waals surface area (Å²) in [6, 6.07) is 0. The molecular weight excluding hydrogens is 108 g/mol. The molecule has 0 N–H and O–H groups in total. The van der Waals surface area contributed by atoms with Crippen molar-refractivity contribution in [3.63, 3.8) is 0 Å². The van der Waals surface area contributed by atoms with Gasteiger partial charge in [0.05, 0.1) is 0 Å². The van der Waals surface area contributed by atoms with Crippen LogP contribution >= 0.6 is 0 Å². The second-order valence-electron chi connectivity index (χ2n) is 1.32. The molecule has 0 radical (unpaired) electrons. The van der Waals surface area contributed by atoms with E-state index in [9.17, 15) is 0 Å². The van der Waals surface area contributed by atoms with Crippen molar-refractivity contribution in [2.75, 3.05) is 0 Å². The van der Waals surface area contributed by atoms with Gasteiger partial charge in [-0.3, -0.25) is 0 Å². The van der Waals surface area contributed by atoms with Gasteiger partial charge in [-0.2, -0.15) is 9.97 Å². The summed E-state index contributed by atoms with van der Waals surface area (Å²) in [5, 5.41) is 0. The highest BCUT2D eigenvalue weighted by Gasteiger charge is 1.98. The predicted octanol–water partition coefficient (Wildman–Crippen LogP) is 0.816. The van der Waals surface area contributed by atoms with Crippen LogP contribution in [0.15, 0.2) is 21.6 Å². The van der Waals surface area contributed by atoms with Gasteiger partial charge in [0.2, 0.25) is 5.65 Å². The Morgan fingerprint density at radius 3 is 2.25 bits per heavy atom. The van der Waals surface area contributed by atoms with Gasteiger partial charge in [-0.25, -0.2) is 0 Å². The van der Waals surface area contributed by atoms with Crippen LogP contribution in [0.5, 0.6) is 0 Å². The minimum absolute atomic E-state index is 0.380. The van der Waals surface area contributed by atoms with E-state index in [0.717, 1.165) is 0 Å². The first kappa shape index (κ1) is 3.65. The van der Waals surface area contributed by atoms with Crippen LogP contribution in [0.3, 0.4) is 0 Å². The largest absolute Gasteiger partial charge is 0.411 e. The summed E-state index contributed by atoms with van der Waals surface area (Å²) in [6.45, 7) is 0. The zero-order chi connectivity index (χ0) is 5.40. The Morgan fingerprint density at radius 2 is 1.75 bits per heavy atom. The fourth-order valence-electron chi connectivity index (χ4n) is 0.520. The Hall–Kier alpha value is -1.32. The molecule has 0 aromatic carbocycles. The molecule has 0 amide bonds. The zero-order valence-electron chi connectivity index (χ0n) is 3.87. The Kier molecular flexibility index (Phi) is 0.498. The normalized spacial score (nSPS) is 10.5. The van der Waals surface area contributed by atoms with Crippen LogP contribution in [0.25, 0.3) is 11.4 Å². The highest BCUT2D eigenvalue weighted by atomic mass is 16.5. The average Bonchev–Trinajstić information content (AvgIpc) is 2.15. The lowest BCUT2D eigenvalue weighted by molar-refractivity contribution is 0.469. The number of nitrogens with zero attached hydrogens (tertiary/aromatic N) is 2. The molecule has 0 atom stereocenters. The van der Waals surface area contributed by atoms with E-state index in [2.05, 4.69) is 9.97 Å². The third-order valence-electron chi connectivity index (χ3n) is 0.852. The molecule has 0 aliphatic heterocycles. The zero-order valence-corrected chi connectivity index (χ0v) is 3.87. The number of rotatable bonds is 0. The minimum Gasteiger partial charge on any atom is -0.411 e. The molecule has 4 heteroatoms. The molecule has 0 fully saturated rings. The van der Waals surface area contributed by atoms with Crippen molar-refractivity contribution in [1.82, 2.24) is 9.97 Å². The molecular formula is C4H2N2O2. The first-order valence-corrected chi connectivity index (χ1v) is 2.09. The van der Waals surface area contributed by atoms with Gasteiger partial charge in [-0.15, -0.1) is 0 Å². The molecule has 2 heterocycles. The van der Waals surface area contributed by atoms with Crippen LogP contribution in [0.1, 0.15) is 0 Å². The third-order valence-corrected chi connectivity index (χ3v) is 0.852. The van der Waals surface area contributed by atoms with E-state index in [1.54, 1.807) is 0 Å². The number of hydrogen-bond acceptors (Lipinski definition) is 4. The molecule has 0 bridgehead atoms. The maximum absolute atomic E-state index is 4.72. The van der Waals surface area contributed by atoms with Crippen LogP contribution in [-0.4, -0.2) is 9.97 Å². The van der Waals surface area contributed by atoms with E-state index >= 15 is 0 Å². The lowest BCUT2D eigenvalue weighted by atomic mass is 10.8. The van der Waals surface area contributed by atoms with Gasteiger partial charge in [0.25, 0.3) is 0 Å². The van der Waals surface area contributed by atoms with Crippen molar-refractivity contribution < 1.29 is 8.83 Å². The first-order chi connectivity index (χ1) is 3.97. The summed E-state index contributed by atoms with van der Waals surface area (Å²) in [4.78, 5) is 7.41. The monoisotopic (exact) mass is 110 g/mol. The third kappa shape index (κ3) is 0.294. The minimum atomic E-state index is 0.380. The number of fused-ring (bicyclic) bond motifs is 1. The van der Waals surface area contributed by atoms with Gasteiger partial charge in [0, 0.05) is 0 Å². The fraction of sp³-hybridized carbons (Fsp3) is 0. The lowest BCUT2D eigenvalue weighted by Crippen LogP contribution is -1.58. The summed E-state index contributed by atoms with van der Waals surface area (Å²) < 4.78 is 9.44. The predicted molar refractivity (Wildman–Crippen MR) is 24.1 cm³/mol. The molecule has 2 aromatic heterocycles. The van der Waals surface area contributed by atoms with Gasteiger partial charge in [-0.1, -0.05) is 0 Å². The summed E-state index contributed by atoms with van der Waals surface area (Å²) in [5.41, 5.74) is 0.519. The van der Waals surface area contributed by atoms with Gasteiger partial charge in [0.15, 0.2) is 12.8 Å². The average molecular weight is 110 g/mol. The number of aromatic nitrogens is 2. The molecule has 0 spiro atoms. The molecule has 0 saturated heterocycles. The molecule has 40 valence electrons. The highest BCUT2D eigenvalue weighted by Crippen LogP contribution is 2.06. The summed E-state index contributed by atoms with van der Waals surface area (Å²) in [7, 11) is 0. The van der Waals surface area contributed by atoms with Crippen molar-refractivity contribution in [3.8, 4) is 0 Å². The Balaban J connectivity index is 3.06. The van der Waals surface area contributed by atoms with Gasteiger partial charge >= 0.3 is 5.78 Å². The van der Waals surface area contributed by atoms with Crippen molar-refractivity contribution in [2.24, 2.45) is 0 Å². The molecule has 2 aromatic rings. The smallest absolute Gasteiger partial charge is 0.339 e. The summed E-state index contributed by atoms with van der Waals surface area (Å²) >= 11 is 0. The van der Waals surface area contributed by atoms with E-state index in [1.807, 2.05) is 0 Å². The number of hydrogen-bond donors (Lipinski definition) is 0. The Bertz CT molecular complexity index is 233.